The van der Waals surface area contributed by atoms with Crippen LogP contribution in [0.1, 0.15) is 24.1 Å². The van der Waals surface area contributed by atoms with Gasteiger partial charge in [0.2, 0.25) is 0 Å². The Morgan fingerprint density at radius 3 is 2.40 bits per heavy atom. The van der Waals surface area contributed by atoms with Crippen LogP contribution >= 0.6 is 15.9 Å². The molecule has 0 fully saturated rings. The normalized spacial score (nSPS) is 14.0. The Morgan fingerprint density at radius 1 is 1.33 bits per heavy atom. The maximum atomic E-state index is 12.5. The van der Waals surface area contributed by atoms with E-state index in [9.17, 15) is 13.2 Å². The number of alkyl halides is 3. The fraction of sp³-hybridized carbons (Fsp3) is 0.400. The van der Waals surface area contributed by atoms with Gasteiger partial charge in [0.1, 0.15) is 0 Å². The minimum Gasteiger partial charge on any atom is -0.313 e. The Kier molecular flexibility index (Phi) is 3.78. The molecule has 0 saturated heterocycles. The minimum absolute atomic E-state index is 0.0713. The molecule has 0 aliphatic carbocycles. The fourth-order valence-corrected chi connectivity index (χ4v) is 1.67. The van der Waals surface area contributed by atoms with E-state index >= 15 is 0 Å². The summed E-state index contributed by atoms with van der Waals surface area (Å²) in [4.78, 5) is 0. The summed E-state index contributed by atoms with van der Waals surface area (Å²) in [5, 5.41) is 2.90. The lowest BCUT2D eigenvalue weighted by Crippen LogP contribution is -2.14. The molecule has 1 rings (SSSR count). The van der Waals surface area contributed by atoms with E-state index in [2.05, 4.69) is 21.2 Å². The van der Waals surface area contributed by atoms with Crippen molar-refractivity contribution in [2.24, 2.45) is 0 Å². The fourth-order valence-electron chi connectivity index (χ4n) is 1.20. The van der Waals surface area contributed by atoms with Gasteiger partial charge in [-0.1, -0.05) is 22.0 Å². The van der Waals surface area contributed by atoms with Crippen LogP contribution in [0.4, 0.5) is 13.2 Å². The molecule has 1 unspecified atom stereocenters. The van der Waals surface area contributed by atoms with Crippen molar-refractivity contribution in [2.45, 2.75) is 19.1 Å². The highest BCUT2D eigenvalue weighted by Crippen LogP contribution is 2.36. The summed E-state index contributed by atoms with van der Waals surface area (Å²) in [6.07, 6.45) is -4.32. The van der Waals surface area contributed by atoms with Gasteiger partial charge in [0.25, 0.3) is 0 Å². The van der Waals surface area contributed by atoms with Crippen molar-refractivity contribution in [3.05, 3.63) is 33.8 Å². The first kappa shape index (κ1) is 12.5. The van der Waals surface area contributed by atoms with Crippen LogP contribution in [0.3, 0.4) is 0 Å². The van der Waals surface area contributed by atoms with Gasteiger partial charge in [0, 0.05) is 10.5 Å². The van der Waals surface area contributed by atoms with Gasteiger partial charge in [-0.05, 0) is 31.7 Å². The van der Waals surface area contributed by atoms with E-state index in [4.69, 9.17) is 0 Å². The van der Waals surface area contributed by atoms with Gasteiger partial charge < -0.3 is 5.32 Å². The molecule has 1 atom stereocenters. The van der Waals surface area contributed by atoms with Crippen LogP contribution in [0.25, 0.3) is 0 Å². The molecular weight excluding hydrogens is 271 g/mol. The minimum atomic E-state index is -4.32. The van der Waals surface area contributed by atoms with Crippen LogP contribution in [-0.4, -0.2) is 7.05 Å². The Bertz CT molecular complexity index is 349. The van der Waals surface area contributed by atoms with Crippen LogP contribution < -0.4 is 5.32 Å². The summed E-state index contributed by atoms with van der Waals surface area (Å²) in [7, 11) is 1.71. The molecule has 1 N–H and O–H groups in total. The number of hydrogen-bond acceptors (Lipinski definition) is 1. The van der Waals surface area contributed by atoms with Crippen molar-refractivity contribution in [1.82, 2.24) is 5.32 Å². The largest absolute Gasteiger partial charge is 0.417 e. The van der Waals surface area contributed by atoms with Gasteiger partial charge >= 0.3 is 6.18 Å². The Labute approximate surface area is 94.8 Å². The summed E-state index contributed by atoms with van der Waals surface area (Å²) in [6.45, 7) is 1.81. The predicted molar refractivity (Wildman–Crippen MR) is 56.6 cm³/mol. The van der Waals surface area contributed by atoms with Gasteiger partial charge in [0.05, 0.1) is 5.56 Å². The second-order valence-electron chi connectivity index (χ2n) is 3.25. The molecule has 0 amide bonds. The van der Waals surface area contributed by atoms with Crippen molar-refractivity contribution in [2.75, 3.05) is 7.05 Å². The SMILES string of the molecule is CNC(C)c1ccc(Br)c(C(F)(F)F)c1. The number of hydrogen-bond donors (Lipinski definition) is 1. The van der Waals surface area contributed by atoms with E-state index in [0.29, 0.717) is 5.56 Å². The average Bonchev–Trinajstić information content (AvgIpc) is 2.15. The van der Waals surface area contributed by atoms with E-state index in [0.717, 1.165) is 6.07 Å². The van der Waals surface area contributed by atoms with E-state index in [1.165, 1.54) is 6.07 Å². The lowest BCUT2D eigenvalue weighted by Gasteiger charge is -2.15. The monoisotopic (exact) mass is 281 g/mol. The molecule has 15 heavy (non-hydrogen) atoms. The standard InChI is InChI=1S/C10H11BrF3N/c1-6(15-2)7-3-4-9(11)8(5-7)10(12,13)14/h3-6,15H,1-2H3. The maximum Gasteiger partial charge on any atom is 0.417 e. The van der Waals surface area contributed by atoms with Crippen molar-refractivity contribution >= 4 is 15.9 Å². The molecule has 0 radical (unpaired) electrons. The molecule has 0 aliphatic heterocycles. The van der Waals surface area contributed by atoms with Crippen LogP contribution in [0.5, 0.6) is 0 Å². The summed E-state index contributed by atoms with van der Waals surface area (Å²) in [5.41, 5.74) is -0.0184. The van der Waals surface area contributed by atoms with Gasteiger partial charge in [-0.3, -0.25) is 0 Å². The molecule has 1 nitrogen and oxygen atoms in total. The summed E-state index contributed by atoms with van der Waals surface area (Å²) in [5.74, 6) is 0. The highest BCUT2D eigenvalue weighted by molar-refractivity contribution is 9.10. The number of benzene rings is 1. The average molecular weight is 282 g/mol. The van der Waals surface area contributed by atoms with Gasteiger partial charge in [-0.2, -0.15) is 13.2 Å². The van der Waals surface area contributed by atoms with Crippen molar-refractivity contribution in [3.8, 4) is 0 Å². The van der Waals surface area contributed by atoms with Crippen LogP contribution in [0.2, 0.25) is 0 Å². The number of nitrogens with one attached hydrogen (secondary N) is 1. The molecule has 0 aliphatic rings. The lowest BCUT2D eigenvalue weighted by molar-refractivity contribution is -0.138. The summed E-state index contributed by atoms with van der Waals surface area (Å²) < 4.78 is 37.7. The third kappa shape index (κ3) is 2.95. The molecule has 0 saturated carbocycles. The molecule has 1 aromatic rings. The molecular formula is C10H11BrF3N. The van der Waals surface area contributed by atoms with Crippen molar-refractivity contribution < 1.29 is 13.2 Å². The molecule has 84 valence electrons. The van der Waals surface area contributed by atoms with Crippen LogP contribution in [-0.2, 0) is 6.18 Å². The first-order valence-corrected chi connectivity index (χ1v) is 5.19. The van der Waals surface area contributed by atoms with E-state index in [-0.39, 0.29) is 10.5 Å². The highest BCUT2D eigenvalue weighted by Gasteiger charge is 2.33. The van der Waals surface area contributed by atoms with Crippen LogP contribution in [0, 0.1) is 0 Å². The predicted octanol–water partition coefficient (Wildman–Crippen LogP) is 3.75. The molecule has 0 heterocycles. The zero-order chi connectivity index (χ0) is 11.6. The summed E-state index contributed by atoms with van der Waals surface area (Å²) >= 11 is 2.90. The second kappa shape index (κ2) is 4.53. The van der Waals surface area contributed by atoms with Gasteiger partial charge in [0.15, 0.2) is 0 Å². The van der Waals surface area contributed by atoms with Crippen LogP contribution in [0.15, 0.2) is 22.7 Å². The first-order chi connectivity index (χ1) is 6.86. The zero-order valence-corrected chi connectivity index (χ0v) is 9.91. The smallest absolute Gasteiger partial charge is 0.313 e. The zero-order valence-electron chi connectivity index (χ0n) is 8.32. The molecule has 0 bridgehead atoms. The maximum absolute atomic E-state index is 12.5. The van der Waals surface area contributed by atoms with Gasteiger partial charge in [-0.25, -0.2) is 0 Å². The van der Waals surface area contributed by atoms with E-state index in [1.54, 1.807) is 13.1 Å². The molecule has 1 aromatic carbocycles. The summed E-state index contributed by atoms with van der Waals surface area (Å²) in [6, 6.07) is 4.15. The Morgan fingerprint density at radius 2 is 1.93 bits per heavy atom. The first-order valence-electron chi connectivity index (χ1n) is 4.40. The van der Waals surface area contributed by atoms with E-state index < -0.39 is 11.7 Å². The number of halogens is 4. The molecule has 5 heteroatoms. The van der Waals surface area contributed by atoms with Gasteiger partial charge in [-0.15, -0.1) is 0 Å². The third-order valence-corrected chi connectivity index (χ3v) is 2.92. The second-order valence-corrected chi connectivity index (χ2v) is 4.10. The Balaban J connectivity index is 3.17. The van der Waals surface area contributed by atoms with E-state index in [1.807, 2.05) is 6.92 Å². The quantitative estimate of drug-likeness (QED) is 0.871. The molecule has 0 aromatic heterocycles. The number of rotatable bonds is 2. The van der Waals surface area contributed by atoms with Crippen molar-refractivity contribution in [3.63, 3.8) is 0 Å². The topological polar surface area (TPSA) is 12.0 Å². The third-order valence-electron chi connectivity index (χ3n) is 2.23. The molecule has 0 spiro atoms. The Hall–Kier alpha value is -0.550. The lowest BCUT2D eigenvalue weighted by atomic mass is 10.1. The highest BCUT2D eigenvalue weighted by atomic mass is 79.9. The van der Waals surface area contributed by atoms with Crippen molar-refractivity contribution in [1.29, 1.82) is 0 Å².